The fourth-order valence-corrected chi connectivity index (χ4v) is 3.34. The van der Waals surface area contributed by atoms with Gasteiger partial charge in [0.1, 0.15) is 5.82 Å². The molecule has 0 saturated carbocycles. The smallest absolute Gasteiger partial charge is 0.338 e. The summed E-state index contributed by atoms with van der Waals surface area (Å²) >= 11 is 0. The highest BCUT2D eigenvalue weighted by atomic mass is 19.3. The molecular formula is C19H20F2N6O2. The molecule has 1 aliphatic rings. The number of fused-ring (bicyclic) bond motifs is 1. The van der Waals surface area contributed by atoms with E-state index in [1.807, 2.05) is 7.05 Å². The van der Waals surface area contributed by atoms with Crippen molar-refractivity contribution in [3.8, 4) is 0 Å². The van der Waals surface area contributed by atoms with Crippen molar-refractivity contribution in [2.24, 2.45) is 7.05 Å². The first-order valence-corrected chi connectivity index (χ1v) is 9.17. The summed E-state index contributed by atoms with van der Waals surface area (Å²) in [7, 11) is 3.39. The van der Waals surface area contributed by atoms with Gasteiger partial charge in [-0.2, -0.15) is 5.10 Å². The molecule has 1 amide bonds. The Kier molecular flexibility index (Phi) is 4.56. The number of rotatable bonds is 3. The highest BCUT2D eigenvalue weighted by Crippen LogP contribution is 2.28. The van der Waals surface area contributed by atoms with Crippen molar-refractivity contribution in [1.29, 1.82) is 0 Å². The van der Waals surface area contributed by atoms with E-state index in [0.29, 0.717) is 17.0 Å². The molecule has 3 aromatic rings. The van der Waals surface area contributed by atoms with Crippen LogP contribution in [-0.4, -0.2) is 56.0 Å². The number of aryl methyl sites for hydroxylation is 1. The number of nitrogens with zero attached hydrogens (tertiary/aromatic N) is 6. The van der Waals surface area contributed by atoms with E-state index in [1.165, 1.54) is 20.2 Å². The van der Waals surface area contributed by atoms with E-state index in [4.69, 9.17) is 0 Å². The van der Waals surface area contributed by atoms with Crippen LogP contribution in [0.4, 0.5) is 20.3 Å². The molecule has 152 valence electrons. The Labute approximate surface area is 165 Å². The lowest BCUT2D eigenvalue weighted by molar-refractivity contribution is -0.0494. The molecule has 10 heteroatoms. The first kappa shape index (κ1) is 19.0. The molecule has 1 aliphatic heterocycles. The highest BCUT2D eigenvalue weighted by Gasteiger charge is 2.35. The minimum absolute atomic E-state index is 0.0386. The van der Waals surface area contributed by atoms with E-state index in [1.54, 1.807) is 42.4 Å². The number of alkyl halides is 2. The van der Waals surface area contributed by atoms with Gasteiger partial charge in [0.2, 0.25) is 0 Å². The summed E-state index contributed by atoms with van der Waals surface area (Å²) < 4.78 is 29.3. The van der Waals surface area contributed by atoms with Crippen LogP contribution in [0, 0.1) is 0 Å². The van der Waals surface area contributed by atoms with Gasteiger partial charge in [0.05, 0.1) is 5.56 Å². The van der Waals surface area contributed by atoms with Crippen LogP contribution in [0.15, 0.2) is 41.5 Å². The monoisotopic (exact) mass is 402 g/mol. The van der Waals surface area contributed by atoms with Crippen LogP contribution in [-0.2, 0) is 7.05 Å². The van der Waals surface area contributed by atoms with Gasteiger partial charge >= 0.3 is 5.69 Å². The lowest BCUT2D eigenvalue weighted by atomic mass is 10.1. The molecule has 0 atom stereocenters. The second-order valence-electron chi connectivity index (χ2n) is 7.13. The maximum Gasteiger partial charge on any atom is 0.350 e. The quantitative estimate of drug-likeness (QED) is 0.671. The lowest BCUT2D eigenvalue weighted by Crippen LogP contribution is -2.42. The second kappa shape index (κ2) is 6.94. The normalized spacial score (nSPS) is 16.2. The minimum Gasteiger partial charge on any atom is -0.338 e. The largest absolute Gasteiger partial charge is 0.350 e. The fraction of sp³-hybridized carbons (Fsp3) is 0.368. The van der Waals surface area contributed by atoms with E-state index in [-0.39, 0.29) is 37.5 Å². The summed E-state index contributed by atoms with van der Waals surface area (Å²) in [6.45, 7) is 0.0773. The molecule has 29 heavy (non-hydrogen) atoms. The number of likely N-dealkylation sites (tertiary alicyclic amines) is 1. The molecule has 1 saturated heterocycles. The molecule has 0 aliphatic carbocycles. The summed E-state index contributed by atoms with van der Waals surface area (Å²) in [5.74, 6) is -2.40. The Morgan fingerprint density at radius 1 is 1.21 bits per heavy atom. The third kappa shape index (κ3) is 3.57. The molecule has 8 nitrogen and oxygen atoms in total. The fourth-order valence-electron chi connectivity index (χ4n) is 3.34. The Morgan fingerprint density at radius 3 is 2.59 bits per heavy atom. The number of aromatic nitrogens is 4. The minimum atomic E-state index is -2.69. The van der Waals surface area contributed by atoms with Gasteiger partial charge in [0, 0.05) is 64.2 Å². The third-order valence-electron chi connectivity index (χ3n) is 5.16. The van der Waals surface area contributed by atoms with Crippen LogP contribution in [0.2, 0.25) is 0 Å². The Morgan fingerprint density at radius 2 is 1.93 bits per heavy atom. The SMILES string of the molecule is CN(c1ccn2c(=O)n(C)nc2c1)c1ccc(C(=O)N2CCC(F)(F)CC2)cn1. The molecule has 0 radical (unpaired) electrons. The maximum atomic E-state index is 13.3. The number of carbonyl (C=O) groups is 1. The molecule has 4 rings (SSSR count). The van der Waals surface area contributed by atoms with Crippen molar-refractivity contribution in [1.82, 2.24) is 24.1 Å². The number of hydrogen-bond acceptors (Lipinski definition) is 5. The molecular weight excluding hydrogens is 382 g/mol. The number of anilines is 2. The van der Waals surface area contributed by atoms with Gasteiger partial charge in [-0.1, -0.05) is 0 Å². The molecule has 0 N–H and O–H groups in total. The van der Waals surface area contributed by atoms with Gasteiger partial charge in [0.15, 0.2) is 5.65 Å². The lowest BCUT2D eigenvalue weighted by Gasteiger charge is -2.31. The zero-order valence-corrected chi connectivity index (χ0v) is 16.0. The summed E-state index contributed by atoms with van der Waals surface area (Å²) in [5, 5.41) is 4.17. The summed E-state index contributed by atoms with van der Waals surface area (Å²) in [5.41, 5.74) is 1.41. The number of carbonyl (C=O) groups excluding carboxylic acids is 1. The average Bonchev–Trinajstić information content (AvgIpc) is 3.00. The van der Waals surface area contributed by atoms with Crippen molar-refractivity contribution >= 4 is 23.1 Å². The second-order valence-corrected chi connectivity index (χ2v) is 7.13. The van der Waals surface area contributed by atoms with Crippen molar-refractivity contribution in [3.63, 3.8) is 0 Å². The van der Waals surface area contributed by atoms with Crippen LogP contribution >= 0.6 is 0 Å². The third-order valence-corrected chi connectivity index (χ3v) is 5.16. The average molecular weight is 402 g/mol. The number of piperidine rings is 1. The van der Waals surface area contributed by atoms with Gasteiger partial charge in [0.25, 0.3) is 11.8 Å². The van der Waals surface area contributed by atoms with Crippen LogP contribution in [0.5, 0.6) is 0 Å². The van der Waals surface area contributed by atoms with E-state index in [2.05, 4.69) is 10.1 Å². The Bertz CT molecular complexity index is 1110. The van der Waals surface area contributed by atoms with Gasteiger partial charge in [-0.05, 0) is 18.2 Å². The molecule has 0 unspecified atom stereocenters. The van der Waals surface area contributed by atoms with E-state index in [9.17, 15) is 18.4 Å². The zero-order valence-electron chi connectivity index (χ0n) is 16.0. The van der Waals surface area contributed by atoms with Gasteiger partial charge in [-0.25, -0.2) is 23.2 Å². The standard InChI is InChI=1S/C19H20F2N6O2/c1-24(14-5-8-27-16(11-14)23-25(2)18(27)29)15-4-3-13(12-22-15)17(28)26-9-6-19(20,21)7-10-26/h3-5,8,11-12H,6-7,9-10H2,1-2H3. The summed E-state index contributed by atoms with van der Waals surface area (Å²) in [6.07, 6.45) is 2.46. The van der Waals surface area contributed by atoms with Crippen molar-refractivity contribution in [3.05, 3.63) is 52.7 Å². The first-order chi connectivity index (χ1) is 13.7. The van der Waals surface area contributed by atoms with E-state index < -0.39 is 5.92 Å². The zero-order chi connectivity index (χ0) is 20.8. The van der Waals surface area contributed by atoms with Gasteiger partial charge in [-0.3, -0.25) is 9.20 Å². The highest BCUT2D eigenvalue weighted by molar-refractivity contribution is 5.94. The van der Waals surface area contributed by atoms with Gasteiger partial charge < -0.3 is 9.80 Å². The topological polar surface area (TPSA) is 75.7 Å². The number of amides is 1. The molecule has 0 aromatic carbocycles. The number of hydrogen-bond donors (Lipinski definition) is 0. The van der Waals surface area contributed by atoms with Gasteiger partial charge in [-0.15, -0.1) is 0 Å². The Hall–Kier alpha value is -3.30. The number of halogens is 2. The predicted octanol–water partition coefficient (Wildman–Crippen LogP) is 2.07. The molecule has 4 heterocycles. The molecule has 0 spiro atoms. The van der Waals surface area contributed by atoms with Crippen LogP contribution < -0.4 is 10.6 Å². The van der Waals surface area contributed by atoms with E-state index >= 15 is 0 Å². The van der Waals surface area contributed by atoms with Crippen LogP contribution in [0.25, 0.3) is 5.65 Å². The first-order valence-electron chi connectivity index (χ1n) is 9.17. The molecule has 3 aromatic heterocycles. The van der Waals surface area contributed by atoms with Crippen molar-refractivity contribution in [2.75, 3.05) is 25.0 Å². The van der Waals surface area contributed by atoms with Crippen LogP contribution in [0.1, 0.15) is 23.2 Å². The van der Waals surface area contributed by atoms with Crippen molar-refractivity contribution < 1.29 is 13.6 Å². The summed E-state index contributed by atoms with van der Waals surface area (Å²) in [6, 6.07) is 6.86. The van der Waals surface area contributed by atoms with Crippen molar-refractivity contribution in [2.45, 2.75) is 18.8 Å². The van der Waals surface area contributed by atoms with E-state index in [0.717, 1.165) is 5.69 Å². The van der Waals surface area contributed by atoms with Crippen LogP contribution in [0.3, 0.4) is 0 Å². The Balaban J connectivity index is 1.51. The molecule has 1 fully saturated rings. The maximum absolute atomic E-state index is 13.3. The molecule has 0 bridgehead atoms. The predicted molar refractivity (Wildman–Crippen MR) is 103 cm³/mol. The number of pyridine rings is 2. The summed E-state index contributed by atoms with van der Waals surface area (Å²) in [4.78, 5) is 32.0.